The number of nitrogens with zero attached hydrogens (tertiary/aromatic N) is 4. The maximum atomic E-state index is 4.63. The van der Waals surface area contributed by atoms with Gasteiger partial charge in [-0.25, -0.2) is 0 Å². The van der Waals surface area contributed by atoms with Crippen LogP contribution in [0.15, 0.2) is 67.0 Å². The molecule has 4 nitrogen and oxygen atoms in total. The molecule has 24 heavy (non-hydrogen) atoms. The van der Waals surface area contributed by atoms with Gasteiger partial charge in [0.05, 0.1) is 11.4 Å². The van der Waals surface area contributed by atoms with Gasteiger partial charge in [0.15, 0.2) is 0 Å². The Balaban J connectivity index is 1.70. The zero-order valence-electron chi connectivity index (χ0n) is 14.0. The summed E-state index contributed by atoms with van der Waals surface area (Å²) in [4.78, 5) is 15.9. The molecule has 0 spiro atoms. The molecular weight excluding hydrogens is 296 g/mol. The Morgan fingerprint density at radius 1 is 0.750 bits per heavy atom. The largest absolute Gasteiger partial charge is 0.291 e. The van der Waals surface area contributed by atoms with Crippen LogP contribution in [0.2, 0.25) is 0 Å². The van der Waals surface area contributed by atoms with Gasteiger partial charge in [-0.15, -0.1) is 0 Å². The zero-order chi connectivity index (χ0) is 16.6. The third kappa shape index (κ3) is 4.96. The molecule has 0 bridgehead atoms. The van der Waals surface area contributed by atoms with Gasteiger partial charge in [0.2, 0.25) is 0 Å². The Hall–Kier alpha value is -2.59. The molecule has 3 aromatic heterocycles. The maximum absolute atomic E-state index is 4.63. The van der Waals surface area contributed by atoms with Crippen LogP contribution in [-0.2, 0) is 19.5 Å². The lowest BCUT2D eigenvalue weighted by atomic mass is 10.2. The summed E-state index contributed by atoms with van der Waals surface area (Å²) < 4.78 is 0. The van der Waals surface area contributed by atoms with Crippen LogP contribution >= 0.6 is 0 Å². The Morgan fingerprint density at radius 2 is 1.42 bits per heavy atom. The quantitative estimate of drug-likeness (QED) is 0.669. The molecule has 0 aliphatic carbocycles. The SMILES string of the molecule is Cc1cccc(CN(CCc2ccccn2)Cc2ccccn2)n1. The van der Waals surface area contributed by atoms with Gasteiger partial charge in [0.25, 0.3) is 0 Å². The van der Waals surface area contributed by atoms with Gasteiger partial charge < -0.3 is 0 Å². The van der Waals surface area contributed by atoms with E-state index in [1.165, 1.54) is 0 Å². The van der Waals surface area contributed by atoms with E-state index >= 15 is 0 Å². The van der Waals surface area contributed by atoms with Crippen molar-refractivity contribution in [2.24, 2.45) is 0 Å². The molecule has 0 amide bonds. The molecule has 0 saturated heterocycles. The number of hydrogen-bond acceptors (Lipinski definition) is 4. The average Bonchev–Trinajstić information content (AvgIpc) is 2.61. The number of rotatable bonds is 7. The second-order valence-electron chi connectivity index (χ2n) is 5.87. The van der Waals surface area contributed by atoms with E-state index in [-0.39, 0.29) is 0 Å². The van der Waals surface area contributed by atoms with E-state index in [1.807, 2.05) is 49.6 Å². The van der Waals surface area contributed by atoms with Crippen molar-refractivity contribution in [3.63, 3.8) is 0 Å². The summed E-state index contributed by atoms with van der Waals surface area (Å²) >= 11 is 0. The van der Waals surface area contributed by atoms with Crippen LogP contribution in [0, 0.1) is 6.92 Å². The summed E-state index contributed by atoms with van der Waals surface area (Å²) in [7, 11) is 0. The molecular formula is C20H22N4. The maximum Gasteiger partial charge on any atom is 0.0547 e. The highest BCUT2D eigenvalue weighted by molar-refractivity contribution is 5.11. The van der Waals surface area contributed by atoms with Crippen LogP contribution in [-0.4, -0.2) is 26.4 Å². The van der Waals surface area contributed by atoms with E-state index in [1.54, 1.807) is 0 Å². The van der Waals surface area contributed by atoms with Gasteiger partial charge >= 0.3 is 0 Å². The van der Waals surface area contributed by atoms with Crippen molar-refractivity contribution in [2.75, 3.05) is 6.54 Å². The number of aryl methyl sites for hydroxylation is 1. The van der Waals surface area contributed by atoms with Gasteiger partial charge in [0.1, 0.15) is 0 Å². The van der Waals surface area contributed by atoms with Crippen molar-refractivity contribution >= 4 is 0 Å². The minimum atomic E-state index is 0.809. The molecule has 0 N–H and O–H groups in total. The minimum absolute atomic E-state index is 0.809. The molecule has 3 aromatic rings. The third-order valence-electron chi connectivity index (χ3n) is 3.85. The molecule has 0 unspecified atom stereocenters. The monoisotopic (exact) mass is 318 g/mol. The molecule has 0 radical (unpaired) electrons. The molecule has 0 fully saturated rings. The first-order chi connectivity index (χ1) is 11.8. The summed E-state index contributed by atoms with van der Waals surface area (Å²) in [5, 5.41) is 0. The first-order valence-corrected chi connectivity index (χ1v) is 8.24. The van der Waals surface area contributed by atoms with E-state index in [0.717, 1.165) is 48.8 Å². The lowest BCUT2D eigenvalue weighted by Crippen LogP contribution is -2.26. The Morgan fingerprint density at radius 3 is 2.08 bits per heavy atom. The zero-order valence-corrected chi connectivity index (χ0v) is 14.0. The Bertz CT molecular complexity index is 744. The summed E-state index contributed by atoms with van der Waals surface area (Å²) in [6.45, 7) is 4.57. The van der Waals surface area contributed by atoms with Crippen LogP contribution in [0.4, 0.5) is 0 Å². The van der Waals surface area contributed by atoms with Crippen molar-refractivity contribution in [3.05, 3.63) is 89.8 Å². The fraction of sp³-hybridized carbons (Fsp3) is 0.250. The molecule has 0 saturated carbocycles. The highest BCUT2D eigenvalue weighted by atomic mass is 15.1. The standard InChI is InChI=1S/C20H22N4/c1-17-7-6-10-20(23-17)16-24(15-19-9-3-5-13-22-19)14-11-18-8-2-4-12-21-18/h2-10,12-13H,11,14-16H2,1H3. The fourth-order valence-corrected chi connectivity index (χ4v) is 2.67. The van der Waals surface area contributed by atoms with Crippen molar-refractivity contribution < 1.29 is 0 Å². The highest BCUT2D eigenvalue weighted by Gasteiger charge is 2.09. The number of pyridine rings is 3. The van der Waals surface area contributed by atoms with Crippen molar-refractivity contribution in [1.82, 2.24) is 19.9 Å². The van der Waals surface area contributed by atoms with Gasteiger partial charge in [-0.2, -0.15) is 0 Å². The van der Waals surface area contributed by atoms with Gasteiger partial charge in [-0.05, 0) is 43.3 Å². The van der Waals surface area contributed by atoms with Crippen LogP contribution < -0.4 is 0 Å². The molecule has 3 heterocycles. The normalized spacial score (nSPS) is 10.9. The topological polar surface area (TPSA) is 41.9 Å². The smallest absolute Gasteiger partial charge is 0.0547 e. The first-order valence-electron chi connectivity index (χ1n) is 8.24. The third-order valence-corrected chi connectivity index (χ3v) is 3.85. The van der Waals surface area contributed by atoms with Crippen LogP contribution in [0.3, 0.4) is 0 Å². The van der Waals surface area contributed by atoms with Crippen LogP contribution in [0.5, 0.6) is 0 Å². The minimum Gasteiger partial charge on any atom is -0.291 e. The van der Waals surface area contributed by atoms with Crippen LogP contribution in [0.25, 0.3) is 0 Å². The summed E-state index contributed by atoms with van der Waals surface area (Å²) in [6, 6.07) is 18.3. The summed E-state index contributed by atoms with van der Waals surface area (Å²) in [5.41, 5.74) is 4.33. The molecule has 122 valence electrons. The molecule has 4 heteroatoms. The summed E-state index contributed by atoms with van der Waals surface area (Å²) in [6.07, 6.45) is 4.61. The molecule has 0 atom stereocenters. The van der Waals surface area contributed by atoms with Gasteiger partial charge in [-0.3, -0.25) is 19.9 Å². The van der Waals surface area contributed by atoms with E-state index < -0.39 is 0 Å². The van der Waals surface area contributed by atoms with Crippen LogP contribution in [0.1, 0.15) is 22.8 Å². The average molecular weight is 318 g/mol. The van der Waals surface area contributed by atoms with Gasteiger partial charge in [-0.1, -0.05) is 18.2 Å². The number of hydrogen-bond donors (Lipinski definition) is 0. The predicted octanol–water partition coefficient (Wildman–Crippen LogP) is 3.42. The fourth-order valence-electron chi connectivity index (χ4n) is 2.67. The van der Waals surface area contributed by atoms with E-state index in [4.69, 9.17) is 0 Å². The second kappa shape index (κ2) is 8.31. The van der Waals surface area contributed by atoms with Crippen molar-refractivity contribution in [3.8, 4) is 0 Å². The Labute approximate surface area is 143 Å². The highest BCUT2D eigenvalue weighted by Crippen LogP contribution is 2.09. The lowest BCUT2D eigenvalue weighted by molar-refractivity contribution is 0.253. The number of aromatic nitrogens is 3. The molecule has 0 aromatic carbocycles. The molecule has 3 rings (SSSR count). The van der Waals surface area contributed by atoms with E-state index in [2.05, 4.69) is 44.1 Å². The van der Waals surface area contributed by atoms with E-state index in [9.17, 15) is 0 Å². The second-order valence-corrected chi connectivity index (χ2v) is 5.87. The lowest BCUT2D eigenvalue weighted by Gasteiger charge is -2.21. The summed E-state index contributed by atoms with van der Waals surface area (Å²) in [5.74, 6) is 0. The van der Waals surface area contributed by atoms with E-state index in [0.29, 0.717) is 0 Å². The predicted molar refractivity (Wildman–Crippen MR) is 95.3 cm³/mol. The Kier molecular flexibility index (Phi) is 5.64. The first kappa shape index (κ1) is 16.3. The van der Waals surface area contributed by atoms with Gasteiger partial charge in [0, 0.05) is 49.8 Å². The van der Waals surface area contributed by atoms with Crippen molar-refractivity contribution in [1.29, 1.82) is 0 Å². The molecule has 0 aliphatic rings. The molecule has 0 aliphatic heterocycles. The van der Waals surface area contributed by atoms with Crippen molar-refractivity contribution in [2.45, 2.75) is 26.4 Å².